The summed E-state index contributed by atoms with van der Waals surface area (Å²) >= 11 is 0. The van der Waals surface area contributed by atoms with E-state index in [4.69, 9.17) is 9.47 Å². The molecule has 0 unspecified atom stereocenters. The average molecular weight is 573 g/mol. The van der Waals surface area contributed by atoms with Crippen molar-refractivity contribution < 1.29 is 40.6 Å². The number of hydrogen-bond acceptors (Lipinski definition) is 6. The van der Waals surface area contributed by atoms with Crippen molar-refractivity contribution in [1.29, 1.82) is 0 Å². The van der Waals surface area contributed by atoms with Crippen LogP contribution in [0.5, 0.6) is 0 Å². The predicted octanol–water partition coefficient (Wildman–Crippen LogP) is 5.36. The largest absolute Gasteiger partial charge is 0.459 e. The molecule has 0 saturated carbocycles. The van der Waals surface area contributed by atoms with E-state index in [1.165, 1.54) is 10.9 Å². The number of carbonyl (C=O) groups is 1. The second-order valence-electron chi connectivity index (χ2n) is 11.3. The fourth-order valence-electron chi connectivity index (χ4n) is 5.82. The number of fused-ring (bicyclic) bond motifs is 3. The monoisotopic (exact) mass is 572 g/mol. The van der Waals surface area contributed by atoms with Crippen molar-refractivity contribution >= 4 is 5.97 Å². The highest BCUT2D eigenvalue weighted by atomic mass is 19.4. The molecule has 7 nitrogen and oxygen atoms in total. The molecule has 0 N–H and O–H groups in total. The van der Waals surface area contributed by atoms with Gasteiger partial charge in [-0.15, -0.1) is 5.10 Å². The van der Waals surface area contributed by atoms with Crippen molar-refractivity contribution in [1.82, 2.24) is 19.9 Å². The van der Waals surface area contributed by atoms with Crippen LogP contribution in [0.25, 0.3) is 11.3 Å². The number of hydrogen-bond donors (Lipinski definition) is 0. The first-order valence-corrected chi connectivity index (χ1v) is 13.0. The number of esters is 1. The Morgan fingerprint density at radius 3 is 2.40 bits per heavy atom. The van der Waals surface area contributed by atoms with E-state index in [0.29, 0.717) is 44.4 Å². The van der Waals surface area contributed by atoms with Gasteiger partial charge in [0.05, 0.1) is 35.4 Å². The van der Waals surface area contributed by atoms with Gasteiger partial charge >= 0.3 is 18.3 Å². The minimum absolute atomic E-state index is 0.0552. The van der Waals surface area contributed by atoms with Crippen LogP contribution in [0.1, 0.15) is 43.7 Å². The number of halogens is 6. The molecule has 5 rings (SSSR count). The highest BCUT2D eigenvalue weighted by Crippen LogP contribution is 2.50. The van der Waals surface area contributed by atoms with Gasteiger partial charge in [0.2, 0.25) is 0 Å². The number of alkyl halides is 6. The molecule has 13 heteroatoms. The Morgan fingerprint density at radius 1 is 1.10 bits per heavy atom. The number of aromatic nitrogens is 3. The van der Waals surface area contributed by atoms with Crippen LogP contribution in [0.15, 0.2) is 36.0 Å². The summed E-state index contributed by atoms with van der Waals surface area (Å²) in [7, 11) is 3.79. The second kappa shape index (κ2) is 10.2. The number of nitrogens with zero attached hydrogens (tertiary/aromatic N) is 4. The van der Waals surface area contributed by atoms with E-state index in [1.54, 1.807) is 0 Å². The van der Waals surface area contributed by atoms with E-state index in [1.807, 2.05) is 25.9 Å². The molecule has 1 aromatic carbocycles. The van der Waals surface area contributed by atoms with Gasteiger partial charge in [0.15, 0.2) is 0 Å². The number of rotatable bonds is 5. The summed E-state index contributed by atoms with van der Waals surface area (Å²) in [5, 5.41) is 7.86. The fourth-order valence-corrected chi connectivity index (χ4v) is 5.82. The van der Waals surface area contributed by atoms with E-state index in [0.717, 1.165) is 5.57 Å². The quantitative estimate of drug-likeness (QED) is 0.208. The summed E-state index contributed by atoms with van der Waals surface area (Å²) in [6.07, 6.45) is -4.30. The number of allylic oxidation sites excluding steroid dienone is 2. The Labute approximate surface area is 227 Å². The first-order valence-electron chi connectivity index (χ1n) is 13.0. The van der Waals surface area contributed by atoms with E-state index in [9.17, 15) is 31.1 Å². The lowest BCUT2D eigenvalue weighted by atomic mass is 9.80. The number of ether oxygens (including phenoxy) is 2. The lowest BCUT2D eigenvalue weighted by Crippen LogP contribution is -2.34. The Bertz CT molecular complexity index is 1270. The van der Waals surface area contributed by atoms with Crippen LogP contribution in [-0.2, 0) is 33.2 Å². The molecular weight excluding hydrogens is 542 g/mol. The standard InChI is InChI=1S/C27H30F6N4O3/c1-25-8-4-5-15(6-7-19-20(13-36(2)3)24(38)39-22(19)23(25)40-25)12-37-14-21(34-35-37)16-9-17(26(28,29)30)11-18(10-16)27(31,32)33/h5,9-11,14,19-20,22-23H,4,6-8,12-13H2,1-3H3/b15-5+/t19-,20-,22-,23-,25+/m0/s1. The van der Waals surface area contributed by atoms with E-state index >= 15 is 0 Å². The van der Waals surface area contributed by atoms with Gasteiger partial charge in [-0.05, 0) is 64.9 Å². The molecule has 2 aliphatic heterocycles. The molecule has 40 heavy (non-hydrogen) atoms. The van der Waals surface area contributed by atoms with E-state index in [2.05, 4.69) is 16.4 Å². The molecule has 2 saturated heterocycles. The molecule has 1 aliphatic carbocycles. The van der Waals surface area contributed by atoms with E-state index < -0.39 is 29.1 Å². The molecule has 3 heterocycles. The van der Waals surface area contributed by atoms with Gasteiger partial charge in [0, 0.05) is 18.0 Å². The lowest BCUT2D eigenvalue weighted by Gasteiger charge is -2.24. The summed E-state index contributed by atoms with van der Waals surface area (Å²) in [4.78, 5) is 14.7. The summed E-state index contributed by atoms with van der Waals surface area (Å²) in [6, 6.07) is 1.37. The SMILES string of the molecule is CN(C)C[C@@H]1C(=O)O[C@H]2[C@H]1CC/C(Cn1cc(-c3cc(C(F)(F)F)cc(C(F)(F)F)c3)nn1)=C\CC[C@@]1(C)O[C@@H]21. The first kappa shape index (κ1) is 28.6. The maximum Gasteiger partial charge on any atom is 0.416 e. The molecule has 218 valence electrons. The Hall–Kier alpha value is -2.93. The van der Waals surface area contributed by atoms with Crippen molar-refractivity contribution in [3.8, 4) is 11.3 Å². The van der Waals surface area contributed by atoms with Crippen molar-refractivity contribution in [2.45, 2.75) is 69.3 Å². The zero-order valence-electron chi connectivity index (χ0n) is 22.2. The van der Waals surface area contributed by atoms with Crippen molar-refractivity contribution in [3.63, 3.8) is 0 Å². The molecule has 5 atom stereocenters. The van der Waals surface area contributed by atoms with Crippen molar-refractivity contribution in [3.05, 3.63) is 47.2 Å². The van der Waals surface area contributed by atoms with Crippen molar-refractivity contribution in [2.24, 2.45) is 11.8 Å². The van der Waals surface area contributed by atoms with Gasteiger partial charge < -0.3 is 14.4 Å². The first-order chi connectivity index (χ1) is 18.6. The highest BCUT2D eigenvalue weighted by molar-refractivity contribution is 5.76. The summed E-state index contributed by atoms with van der Waals surface area (Å²) < 4.78 is 93.1. The van der Waals surface area contributed by atoms with Crippen LogP contribution in [0.3, 0.4) is 0 Å². The lowest BCUT2D eigenvalue weighted by molar-refractivity contribution is -0.145. The third kappa shape index (κ3) is 5.90. The van der Waals surface area contributed by atoms with Gasteiger partial charge in [0.25, 0.3) is 0 Å². The van der Waals surface area contributed by atoms with Crippen LogP contribution in [-0.4, -0.2) is 64.3 Å². The topological polar surface area (TPSA) is 72.8 Å². The third-order valence-corrected chi connectivity index (χ3v) is 7.95. The molecule has 0 amide bonds. The summed E-state index contributed by atoms with van der Waals surface area (Å²) in [6.45, 7) is 2.81. The van der Waals surface area contributed by atoms with Gasteiger partial charge in [-0.2, -0.15) is 26.3 Å². The zero-order valence-corrected chi connectivity index (χ0v) is 22.2. The molecular formula is C27H30F6N4O3. The van der Waals surface area contributed by atoms with Crippen LogP contribution in [0, 0.1) is 11.8 Å². The summed E-state index contributed by atoms with van der Waals surface area (Å²) in [5.74, 6) is -0.581. The van der Waals surface area contributed by atoms with Crippen molar-refractivity contribution in [2.75, 3.05) is 20.6 Å². The fraction of sp³-hybridized carbons (Fsp3) is 0.593. The Kier molecular flexibility index (Phi) is 7.26. The van der Waals surface area contributed by atoms with Gasteiger partial charge in [0.1, 0.15) is 17.9 Å². The highest BCUT2D eigenvalue weighted by Gasteiger charge is 2.62. The second-order valence-corrected chi connectivity index (χ2v) is 11.3. The Balaban J connectivity index is 1.38. The molecule has 2 aromatic rings. The smallest absolute Gasteiger partial charge is 0.416 e. The minimum atomic E-state index is -4.96. The van der Waals surface area contributed by atoms with Crippen LogP contribution < -0.4 is 0 Å². The molecule has 2 fully saturated rings. The number of benzene rings is 1. The normalized spacial score (nSPS) is 30.4. The minimum Gasteiger partial charge on any atom is -0.459 e. The number of carbonyl (C=O) groups excluding carboxylic acids is 1. The van der Waals surface area contributed by atoms with Gasteiger partial charge in [-0.1, -0.05) is 16.9 Å². The summed E-state index contributed by atoms with van der Waals surface area (Å²) in [5.41, 5.74) is -2.66. The zero-order chi connectivity index (χ0) is 29.0. The Morgan fingerprint density at radius 2 is 1.77 bits per heavy atom. The maximum atomic E-state index is 13.3. The average Bonchev–Trinajstić information content (AvgIpc) is 3.15. The van der Waals surface area contributed by atoms with Crippen LogP contribution >= 0.6 is 0 Å². The van der Waals surface area contributed by atoms with Crippen LogP contribution in [0.4, 0.5) is 26.3 Å². The van der Waals surface area contributed by atoms with Gasteiger partial charge in [-0.3, -0.25) is 4.79 Å². The predicted molar refractivity (Wildman–Crippen MR) is 131 cm³/mol. The molecule has 1 aromatic heterocycles. The van der Waals surface area contributed by atoms with E-state index in [-0.39, 0.29) is 53.9 Å². The molecule has 0 radical (unpaired) electrons. The van der Waals surface area contributed by atoms with Gasteiger partial charge in [-0.25, -0.2) is 4.68 Å². The molecule has 0 spiro atoms. The molecule has 0 bridgehead atoms. The molecule has 3 aliphatic rings. The van der Waals surface area contributed by atoms with Crippen LogP contribution in [0.2, 0.25) is 0 Å². The maximum absolute atomic E-state index is 13.3. The number of epoxide rings is 1. The third-order valence-electron chi connectivity index (χ3n) is 7.95.